The van der Waals surface area contributed by atoms with Crippen molar-refractivity contribution in [3.05, 3.63) is 46.6 Å². The quantitative estimate of drug-likeness (QED) is 0.863. The van der Waals surface area contributed by atoms with Gasteiger partial charge in [0.05, 0.1) is 11.3 Å². The van der Waals surface area contributed by atoms with Gasteiger partial charge < -0.3 is 10.5 Å². The molecule has 84 valence electrons. The molecule has 0 bridgehead atoms. The maximum atomic E-state index is 8.64. The molecule has 0 atom stereocenters. The predicted octanol–water partition coefficient (Wildman–Crippen LogP) is 3.09. The average molecular weight is 290 g/mol. The first-order valence-corrected chi connectivity index (χ1v) is 5.57. The highest BCUT2D eigenvalue weighted by atomic mass is 79.9. The van der Waals surface area contributed by atoms with Crippen LogP contribution in [0.3, 0.4) is 0 Å². The predicted molar refractivity (Wildman–Crippen MR) is 67.6 cm³/mol. The Bertz CT molecular complexity index is 575. The first kappa shape index (κ1) is 11.4. The Morgan fingerprint density at radius 3 is 2.71 bits per heavy atom. The minimum Gasteiger partial charge on any atom is -0.437 e. The van der Waals surface area contributed by atoms with E-state index in [-0.39, 0.29) is 0 Å². The van der Waals surface area contributed by atoms with Crippen LogP contribution in [0.1, 0.15) is 5.56 Å². The Morgan fingerprint density at radius 2 is 2.12 bits per heavy atom. The van der Waals surface area contributed by atoms with Crippen molar-refractivity contribution in [3.63, 3.8) is 0 Å². The zero-order valence-electron chi connectivity index (χ0n) is 8.72. The van der Waals surface area contributed by atoms with Crippen LogP contribution < -0.4 is 10.5 Å². The van der Waals surface area contributed by atoms with Crippen LogP contribution in [-0.4, -0.2) is 4.98 Å². The van der Waals surface area contributed by atoms with Gasteiger partial charge in [-0.25, -0.2) is 4.98 Å². The number of ether oxygens (including phenoxy) is 1. The van der Waals surface area contributed by atoms with Crippen molar-refractivity contribution in [2.24, 2.45) is 0 Å². The summed E-state index contributed by atoms with van der Waals surface area (Å²) in [6.07, 6.45) is 1.45. The summed E-state index contributed by atoms with van der Waals surface area (Å²) in [4.78, 5) is 4.00. The molecule has 0 saturated carbocycles. The van der Waals surface area contributed by atoms with Gasteiger partial charge in [-0.1, -0.05) is 15.9 Å². The second-order valence-electron chi connectivity index (χ2n) is 3.28. The van der Waals surface area contributed by atoms with Crippen LogP contribution in [-0.2, 0) is 0 Å². The van der Waals surface area contributed by atoms with Gasteiger partial charge >= 0.3 is 0 Å². The average Bonchev–Trinajstić information content (AvgIpc) is 2.34. The van der Waals surface area contributed by atoms with Crippen LogP contribution in [0.25, 0.3) is 0 Å². The van der Waals surface area contributed by atoms with Crippen molar-refractivity contribution >= 4 is 21.6 Å². The second kappa shape index (κ2) is 4.85. The van der Waals surface area contributed by atoms with E-state index < -0.39 is 0 Å². The maximum Gasteiger partial charge on any atom is 0.219 e. The fourth-order valence-corrected chi connectivity index (χ4v) is 1.61. The van der Waals surface area contributed by atoms with E-state index >= 15 is 0 Å². The summed E-state index contributed by atoms with van der Waals surface area (Å²) in [5, 5.41) is 8.64. The molecule has 0 saturated heterocycles. The molecule has 2 aromatic rings. The largest absolute Gasteiger partial charge is 0.437 e. The van der Waals surface area contributed by atoms with Crippen molar-refractivity contribution in [1.29, 1.82) is 5.26 Å². The van der Waals surface area contributed by atoms with Crippen LogP contribution in [0.4, 0.5) is 5.69 Å². The van der Waals surface area contributed by atoms with E-state index in [2.05, 4.69) is 20.9 Å². The van der Waals surface area contributed by atoms with Crippen molar-refractivity contribution in [2.75, 3.05) is 5.73 Å². The van der Waals surface area contributed by atoms with Crippen LogP contribution in [0, 0.1) is 11.3 Å². The number of halogens is 1. The van der Waals surface area contributed by atoms with Gasteiger partial charge in [0.2, 0.25) is 5.88 Å². The van der Waals surface area contributed by atoms with E-state index in [1.807, 2.05) is 12.1 Å². The minimum absolute atomic E-state index is 0.401. The van der Waals surface area contributed by atoms with Crippen molar-refractivity contribution in [2.45, 2.75) is 0 Å². The van der Waals surface area contributed by atoms with Gasteiger partial charge in [-0.05, 0) is 24.3 Å². The third kappa shape index (κ3) is 2.74. The molecule has 0 spiro atoms. The summed E-state index contributed by atoms with van der Waals surface area (Å²) in [5.41, 5.74) is 6.80. The van der Waals surface area contributed by atoms with E-state index in [4.69, 9.17) is 15.7 Å². The van der Waals surface area contributed by atoms with Crippen LogP contribution in [0.2, 0.25) is 0 Å². The van der Waals surface area contributed by atoms with E-state index in [0.717, 1.165) is 4.47 Å². The highest BCUT2D eigenvalue weighted by molar-refractivity contribution is 9.10. The standard InChI is InChI=1S/C12H8BrN3O/c13-9-2-3-11(10(15)5-9)17-12-4-1-8(6-14)7-16-12/h1-5,7H,15H2. The number of pyridine rings is 1. The number of nitrogens with zero attached hydrogens (tertiary/aromatic N) is 2. The number of nitriles is 1. The van der Waals surface area contributed by atoms with Gasteiger partial charge in [-0.2, -0.15) is 5.26 Å². The first-order chi connectivity index (χ1) is 8.19. The molecule has 1 aromatic carbocycles. The summed E-state index contributed by atoms with van der Waals surface area (Å²) in [7, 11) is 0. The molecule has 4 nitrogen and oxygen atoms in total. The summed E-state index contributed by atoms with van der Waals surface area (Å²) in [6, 6.07) is 10.6. The first-order valence-electron chi connectivity index (χ1n) is 4.78. The molecule has 5 heteroatoms. The highest BCUT2D eigenvalue weighted by Gasteiger charge is 2.03. The number of nitrogen functional groups attached to an aromatic ring is 1. The zero-order chi connectivity index (χ0) is 12.3. The fraction of sp³-hybridized carbons (Fsp3) is 0. The van der Waals surface area contributed by atoms with Crippen LogP contribution in [0.5, 0.6) is 11.6 Å². The number of benzene rings is 1. The number of hydrogen-bond donors (Lipinski definition) is 1. The van der Waals surface area contributed by atoms with E-state index in [9.17, 15) is 0 Å². The smallest absolute Gasteiger partial charge is 0.219 e. The molecule has 0 aliphatic rings. The number of hydrogen-bond acceptors (Lipinski definition) is 4. The second-order valence-corrected chi connectivity index (χ2v) is 4.20. The normalized spacial score (nSPS) is 9.65. The van der Waals surface area contributed by atoms with Crippen molar-refractivity contribution in [1.82, 2.24) is 4.98 Å². The summed E-state index contributed by atoms with van der Waals surface area (Å²) in [6.45, 7) is 0. The number of nitrogens with two attached hydrogens (primary N) is 1. The highest BCUT2D eigenvalue weighted by Crippen LogP contribution is 2.28. The molecule has 2 rings (SSSR count). The van der Waals surface area contributed by atoms with Gasteiger partial charge in [0, 0.05) is 16.7 Å². The third-order valence-electron chi connectivity index (χ3n) is 2.05. The molecule has 1 aromatic heterocycles. The lowest BCUT2D eigenvalue weighted by Crippen LogP contribution is -1.93. The molecule has 0 radical (unpaired) electrons. The fourth-order valence-electron chi connectivity index (χ4n) is 1.23. The molecule has 0 amide bonds. The van der Waals surface area contributed by atoms with Crippen molar-refractivity contribution < 1.29 is 4.74 Å². The maximum absolute atomic E-state index is 8.64. The van der Waals surface area contributed by atoms with Gasteiger partial charge in [-0.3, -0.25) is 0 Å². The molecule has 0 fully saturated rings. The molecule has 0 unspecified atom stereocenters. The van der Waals surface area contributed by atoms with Crippen LogP contribution >= 0.6 is 15.9 Å². The summed E-state index contributed by atoms with van der Waals surface area (Å²) in [5.74, 6) is 0.934. The molecular formula is C12H8BrN3O. The summed E-state index contributed by atoms with van der Waals surface area (Å²) >= 11 is 3.31. The number of aromatic nitrogens is 1. The molecule has 2 N–H and O–H groups in total. The zero-order valence-corrected chi connectivity index (χ0v) is 10.3. The Balaban J connectivity index is 2.23. The Hall–Kier alpha value is -2.06. The molecule has 1 heterocycles. The number of anilines is 1. The molecule has 0 aliphatic heterocycles. The van der Waals surface area contributed by atoms with E-state index in [1.165, 1.54) is 6.20 Å². The Labute approximate surface area is 107 Å². The minimum atomic E-state index is 0.401. The van der Waals surface area contributed by atoms with Gasteiger partial charge in [0.1, 0.15) is 6.07 Å². The lowest BCUT2D eigenvalue weighted by molar-refractivity contribution is 0.465. The van der Waals surface area contributed by atoms with Crippen LogP contribution in [0.15, 0.2) is 41.0 Å². The monoisotopic (exact) mass is 289 g/mol. The van der Waals surface area contributed by atoms with Gasteiger partial charge in [0.15, 0.2) is 5.75 Å². The molecule has 0 aliphatic carbocycles. The van der Waals surface area contributed by atoms with Gasteiger partial charge in [-0.15, -0.1) is 0 Å². The van der Waals surface area contributed by atoms with E-state index in [1.54, 1.807) is 24.3 Å². The van der Waals surface area contributed by atoms with Crippen molar-refractivity contribution in [3.8, 4) is 17.7 Å². The topological polar surface area (TPSA) is 71.9 Å². The SMILES string of the molecule is N#Cc1ccc(Oc2ccc(Br)cc2N)nc1. The molecular weight excluding hydrogens is 282 g/mol. The Morgan fingerprint density at radius 1 is 1.29 bits per heavy atom. The Kier molecular flexibility index (Phi) is 3.26. The third-order valence-corrected chi connectivity index (χ3v) is 2.55. The summed E-state index contributed by atoms with van der Waals surface area (Å²) < 4.78 is 6.38. The lowest BCUT2D eigenvalue weighted by atomic mass is 10.3. The van der Waals surface area contributed by atoms with E-state index in [0.29, 0.717) is 22.9 Å². The number of rotatable bonds is 2. The lowest BCUT2D eigenvalue weighted by Gasteiger charge is -2.07. The van der Waals surface area contributed by atoms with Gasteiger partial charge in [0.25, 0.3) is 0 Å². The molecule has 17 heavy (non-hydrogen) atoms.